The lowest BCUT2D eigenvalue weighted by Crippen LogP contribution is -2.51. The smallest absolute Gasteiger partial charge is 0.409 e. The first-order valence-corrected chi connectivity index (χ1v) is 11.2. The van der Waals surface area contributed by atoms with Crippen LogP contribution in [0, 0.1) is 0 Å². The number of H-pyrrole nitrogens is 1. The average Bonchev–Trinajstić information content (AvgIpc) is 3.42. The fourth-order valence-electron chi connectivity index (χ4n) is 3.31. The van der Waals surface area contributed by atoms with Crippen molar-refractivity contribution in [3.8, 4) is 0 Å². The van der Waals surface area contributed by atoms with E-state index < -0.39 is 0 Å². The third-order valence-electron chi connectivity index (χ3n) is 4.94. The highest BCUT2D eigenvalue weighted by Gasteiger charge is 2.25. The Morgan fingerprint density at radius 2 is 1.90 bits per heavy atom. The van der Waals surface area contributed by atoms with Gasteiger partial charge in [-0.1, -0.05) is 23.9 Å². The van der Waals surface area contributed by atoms with Crippen molar-refractivity contribution in [2.24, 2.45) is 0 Å². The number of aromatic nitrogens is 4. The van der Waals surface area contributed by atoms with E-state index in [0.717, 1.165) is 16.9 Å². The second kappa shape index (κ2) is 9.82. The number of fused-ring (bicyclic) bond motifs is 1. The Bertz CT molecular complexity index is 1010. The molecule has 0 unspecified atom stereocenters. The number of thioether (sulfide) groups is 1. The zero-order chi connectivity index (χ0) is 21.6. The molecule has 0 aliphatic carbocycles. The normalized spacial score (nSPS) is 14.2. The van der Waals surface area contributed by atoms with Crippen LogP contribution in [0.25, 0.3) is 11.0 Å². The molecule has 1 saturated heterocycles. The molecule has 1 N–H and O–H groups in total. The van der Waals surface area contributed by atoms with Gasteiger partial charge < -0.3 is 23.9 Å². The van der Waals surface area contributed by atoms with Crippen LogP contribution < -0.4 is 0 Å². The number of piperazine rings is 1. The summed E-state index contributed by atoms with van der Waals surface area (Å²) >= 11 is 1.22. The van der Waals surface area contributed by atoms with Crippen molar-refractivity contribution in [1.29, 1.82) is 0 Å². The number of amides is 2. The number of carbonyl (C=O) groups excluding carboxylic acids is 2. The molecule has 1 fully saturated rings. The number of hydrogen-bond donors (Lipinski definition) is 1. The summed E-state index contributed by atoms with van der Waals surface area (Å²) in [7, 11) is 0. The molecule has 1 aliphatic heterocycles. The summed E-state index contributed by atoms with van der Waals surface area (Å²) in [4.78, 5) is 35.4. The van der Waals surface area contributed by atoms with Crippen molar-refractivity contribution in [3.05, 3.63) is 36.0 Å². The zero-order valence-corrected chi connectivity index (χ0v) is 18.1. The van der Waals surface area contributed by atoms with E-state index >= 15 is 0 Å². The summed E-state index contributed by atoms with van der Waals surface area (Å²) in [5, 5.41) is 8.45. The van der Waals surface area contributed by atoms with Crippen molar-refractivity contribution < 1.29 is 18.7 Å². The fraction of sp³-hybridized carbons (Fsp3) is 0.450. The Balaban J connectivity index is 1.21. The number of imidazole rings is 1. The summed E-state index contributed by atoms with van der Waals surface area (Å²) in [5.41, 5.74) is 1.93. The molecule has 2 amide bonds. The maximum Gasteiger partial charge on any atom is 0.409 e. The maximum atomic E-state index is 12.4. The molecule has 3 aromatic rings. The van der Waals surface area contributed by atoms with Gasteiger partial charge in [0.1, 0.15) is 5.82 Å². The lowest BCUT2D eigenvalue weighted by molar-refractivity contribution is -0.129. The molecule has 4 rings (SSSR count). The topological polar surface area (TPSA) is 117 Å². The molecule has 164 valence electrons. The Morgan fingerprint density at radius 1 is 1.13 bits per heavy atom. The minimum absolute atomic E-state index is 0.0180. The van der Waals surface area contributed by atoms with Gasteiger partial charge >= 0.3 is 6.09 Å². The maximum absolute atomic E-state index is 12.4. The van der Waals surface area contributed by atoms with Gasteiger partial charge in [-0.15, -0.1) is 10.2 Å². The lowest BCUT2D eigenvalue weighted by atomic mass is 10.3. The quantitative estimate of drug-likeness (QED) is 0.551. The molecular weight excluding hydrogens is 420 g/mol. The number of nitrogens with zero attached hydrogens (tertiary/aromatic N) is 5. The fourth-order valence-corrected chi connectivity index (χ4v) is 4.00. The van der Waals surface area contributed by atoms with Gasteiger partial charge in [0, 0.05) is 39.0 Å². The van der Waals surface area contributed by atoms with Crippen molar-refractivity contribution in [2.75, 3.05) is 38.5 Å². The molecule has 0 radical (unpaired) electrons. The second-order valence-electron chi connectivity index (χ2n) is 7.02. The second-order valence-corrected chi connectivity index (χ2v) is 7.94. The van der Waals surface area contributed by atoms with E-state index in [-0.39, 0.29) is 17.8 Å². The number of nitrogens with one attached hydrogen (secondary N) is 1. The van der Waals surface area contributed by atoms with Crippen LogP contribution in [-0.4, -0.2) is 80.5 Å². The number of rotatable bonds is 7. The first-order chi connectivity index (χ1) is 15.1. The van der Waals surface area contributed by atoms with Crippen LogP contribution >= 0.6 is 11.8 Å². The SMILES string of the molecule is CCOC(=O)N1CCN(C(=O)CSc2nnc(CCc3nc4ccccc4[nH]3)o2)CC1. The average molecular weight is 445 g/mol. The number of carbonyl (C=O) groups is 2. The lowest BCUT2D eigenvalue weighted by Gasteiger charge is -2.33. The molecule has 1 aromatic carbocycles. The number of benzene rings is 1. The monoisotopic (exact) mass is 444 g/mol. The van der Waals surface area contributed by atoms with Gasteiger partial charge in [-0.05, 0) is 19.1 Å². The molecule has 0 saturated carbocycles. The molecular formula is C20H24N6O4S. The molecule has 0 spiro atoms. The summed E-state index contributed by atoms with van der Waals surface area (Å²) in [6, 6.07) is 7.87. The standard InChI is InChI=1S/C20H24N6O4S/c1-2-29-20(28)26-11-9-25(10-12-26)18(27)13-31-19-24-23-17(30-19)8-7-16-21-14-5-3-4-6-15(14)22-16/h3-6H,2,7-13H2,1H3,(H,21,22). The Kier molecular flexibility index (Phi) is 6.70. The molecule has 11 heteroatoms. The number of aryl methyl sites for hydroxylation is 2. The van der Waals surface area contributed by atoms with Crippen LogP contribution in [0.5, 0.6) is 0 Å². The van der Waals surface area contributed by atoms with Gasteiger partial charge in [-0.3, -0.25) is 4.79 Å². The van der Waals surface area contributed by atoms with Crippen molar-refractivity contribution in [2.45, 2.75) is 25.0 Å². The minimum atomic E-state index is -0.329. The van der Waals surface area contributed by atoms with Gasteiger partial charge in [0.05, 0.1) is 23.4 Å². The van der Waals surface area contributed by atoms with Gasteiger partial charge in [-0.2, -0.15) is 0 Å². The van der Waals surface area contributed by atoms with Gasteiger partial charge in [0.2, 0.25) is 11.8 Å². The summed E-state index contributed by atoms with van der Waals surface area (Å²) < 4.78 is 10.6. The van der Waals surface area contributed by atoms with Crippen LogP contribution in [0.4, 0.5) is 4.79 Å². The van der Waals surface area contributed by atoms with E-state index in [1.165, 1.54) is 11.8 Å². The first kappa shape index (κ1) is 21.2. The first-order valence-electron chi connectivity index (χ1n) is 10.2. The van der Waals surface area contributed by atoms with Gasteiger partial charge in [0.15, 0.2) is 0 Å². The van der Waals surface area contributed by atoms with Crippen LogP contribution in [0.15, 0.2) is 33.9 Å². The Labute approximate surface area is 183 Å². The van der Waals surface area contributed by atoms with Crippen molar-refractivity contribution in [3.63, 3.8) is 0 Å². The molecule has 10 nitrogen and oxygen atoms in total. The highest BCUT2D eigenvalue weighted by Crippen LogP contribution is 2.18. The zero-order valence-electron chi connectivity index (χ0n) is 17.2. The van der Waals surface area contributed by atoms with E-state index in [1.807, 2.05) is 24.3 Å². The summed E-state index contributed by atoms with van der Waals surface area (Å²) in [5.74, 6) is 1.57. The third-order valence-corrected chi connectivity index (χ3v) is 5.74. The number of aromatic amines is 1. The van der Waals surface area contributed by atoms with E-state index in [1.54, 1.807) is 16.7 Å². The molecule has 1 aliphatic rings. The minimum Gasteiger partial charge on any atom is -0.450 e. The van der Waals surface area contributed by atoms with Crippen molar-refractivity contribution in [1.82, 2.24) is 30.0 Å². The molecule has 3 heterocycles. The summed E-state index contributed by atoms with van der Waals surface area (Å²) in [6.45, 7) is 4.05. The van der Waals surface area contributed by atoms with Crippen LogP contribution in [0.2, 0.25) is 0 Å². The third kappa shape index (κ3) is 5.35. The van der Waals surface area contributed by atoms with Gasteiger partial charge in [-0.25, -0.2) is 9.78 Å². The van der Waals surface area contributed by atoms with E-state index in [0.29, 0.717) is 56.7 Å². The van der Waals surface area contributed by atoms with E-state index in [4.69, 9.17) is 9.15 Å². The van der Waals surface area contributed by atoms with E-state index in [9.17, 15) is 9.59 Å². The molecule has 0 atom stereocenters. The number of para-hydroxylation sites is 2. The van der Waals surface area contributed by atoms with Crippen LogP contribution in [-0.2, 0) is 22.4 Å². The van der Waals surface area contributed by atoms with Crippen molar-refractivity contribution >= 4 is 34.8 Å². The molecule has 31 heavy (non-hydrogen) atoms. The molecule has 2 aromatic heterocycles. The highest BCUT2D eigenvalue weighted by molar-refractivity contribution is 7.99. The highest BCUT2D eigenvalue weighted by atomic mass is 32.2. The number of ether oxygens (including phenoxy) is 1. The molecule has 0 bridgehead atoms. The van der Waals surface area contributed by atoms with Gasteiger partial charge in [0.25, 0.3) is 5.22 Å². The Morgan fingerprint density at radius 3 is 2.68 bits per heavy atom. The predicted octanol–water partition coefficient (Wildman–Crippen LogP) is 2.12. The number of hydrogen-bond acceptors (Lipinski definition) is 8. The predicted molar refractivity (Wildman–Crippen MR) is 114 cm³/mol. The van der Waals surface area contributed by atoms with Crippen LogP contribution in [0.3, 0.4) is 0 Å². The summed E-state index contributed by atoms with van der Waals surface area (Å²) in [6.07, 6.45) is 0.895. The van der Waals surface area contributed by atoms with Crippen LogP contribution in [0.1, 0.15) is 18.6 Å². The Hall–Kier alpha value is -3.08. The largest absolute Gasteiger partial charge is 0.450 e. The van der Waals surface area contributed by atoms with E-state index in [2.05, 4.69) is 20.2 Å².